The van der Waals surface area contributed by atoms with Gasteiger partial charge in [0.05, 0.1) is 17.3 Å². The van der Waals surface area contributed by atoms with E-state index in [1.165, 1.54) is 0 Å². The lowest BCUT2D eigenvalue weighted by Crippen LogP contribution is -2.31. The highest BCUT2D eigenvalue weighted by Gasteiger charge is 2.16. The number of hydrogen-bond acceptors (Lipinski definition) is 4. The maximum Gasteiger partial charge on any atom is 0.340 e. The molecule has 6 heteroatoms. The van der Waals surface area contributed by atoms with Crippen molar-refractivity contribution in [3.8, 4) is 0 Å². The summed E-state index contributed by atoms with van der Waals surface area (Å²) >= 11 is 6.15. The monoisotopic (exact) mass is 408 g/mol. The first-order chi connectivity index (χ1) is 14.0. The summed E-state index contributed by atoms with van der Waals surface area (Å²) in [4.78, 5) is 24.7. The van der Waals surface area contributed by atoms with Crippen molar-refractivity contribution < 1.29 is 14.3 Å². The van der Waals surface area contributed by atoms with Crippen LogP contribution in [0.4, 0.5) is 11.4 Å². The van der Waals surface area contributed by atoms with Gasteiger partial charge in [-0.25, -0.2) is 4.79 Å². The number of nitrogens with one attached hydrogen (secondary N) is 2. The summed E-state index contributed by atoms with van der Waals surface area (Å²) in [5, 5.41) is 6.53. The van der Waals surface area contributed by atoms with Gasteiger partial charge >= 0.3 is 5.97 Å². The minimum Gasteiger partial charge on any atom is -0.452 e. The molecule has 0 saturated heterocycles. The molecule has 3 aromatic carbocycles. The topological polar surface area (TPSA) is 67.4 Å². The first-order valence-electron chi connectivity index (χ1n) is 9.16. The van der Waals surface area contributed by atoms with Crippen molar-refractivity contribution >= 4 is 34.9 Å². The molecule has 148 valence electrons. The van der Waals surface area contributed by atoms with E-state index in [1.54, 1.807) is 24.3 Å². The zero-order chi connectivity index (χ0) is 20.6. The lowest BCUT2D eigenvalue weighted by molar-refractivity contribution is -0.124. The minimum absolute atomic E-state index is 0.304. The quantitative estimate of drug-likeness (QED) is 0.532. The number of carbonyl (C=O) groups is 2. The number of halogens is 1. The SMILES string of the molecule is C[C@@H](NC(=O)COC(=O)c1ccccc1Nc1ccccc1)c1ccccc1Cl. The molecule has 3 aromatic rings. The van der Waals surface area contributed by atoms with Gasteiger partial charge < -0.3 is 15.4 Å². The molecular formula is C23H21ClN2O3. The van der Waals surface area contributed by atoms with Gasteiger partial charge in [-0.2, -0.15) is 0 Å². The van der Waals surface area contributed by atoms with Crippen molar-refractivity contribution in [1.29, 1.82) is 0 Å². The Kier molecular flexibility index (Phi) is 6.87. The van der Waals surface area contributed by atoms with E-state index in [1.807, 2.05) is 61.5 Å². The van der Waals surface area contributed by atoms with Crippen LogP contribution in [0.3, 0.4) is 0 Å². The molecule has 29 heavy (non-hydrogen) atoms. The summed E-state index contributed by atoms with van der Waals surface area (Å²) in [6.07, 6.45) is 0. The van der Waals surface area contributed by atoms with Crippen molar-refractivity contribution in [2.75, 3.05) is 11.9 Å². The van der Waals surface area contributed by atoms with E-state index in [0.717, 1.165) is 11.3 Å². The van der Waals surface area contributed by atoms with Crippen LogP contribution < -0.4 is 10.6 Å². The lowest BCUT2D eigenvalue weighted by Gasteiger charge is -2.16. The second kappa shape index (κ2) is 9.75. The lowest BCUT2D eigenvalue weighted by atomic mass is 10.1. The zero-order valence-electron chi connectivity index (χ0n) is 15.9. The van der Waals surface area contributed by atoms with E-state index in [2.05, 4.69) is 10.6 Å². The van der Waals surface area contributed by atoms with Crippen molar-refractivity contribution in [2.24, 2.45) is 0 Å². The predicted molar refractivity (Wildman–Crippen MR) is 114 cm³/mol. The fourth-order valence-corrected chi connectivity index (χ4v) is 3.14. The average Bonchev–Trinajstić information content (AvgIpc) is 2.73. The first kappa shape index (κ1) is 20.4. The van der Waals surface area contributed by atoms with Gasteiger partial charge in [0.25, 0.3) is 5.91 Å². The van der Waals surface area contributed by atoms with Crippen LogP contribution >= 0.6 is 11.6 Å². The molecule has 0 heterocycles. The Morgan fingerprint density at radius 1 is 0.931 bits per heavy atom. The van der Waals surface area contributed by atoms with Crippen LogP contribution in [-0.4, -0.2) is 18.5 Å². The Morgan fingerprint density at radius 3 is 2.34 bits per heavy atom. The fraction of sp³-hybridized carbons (Fsp3) is 0.130. The van der Waals surface area contributed by atoms with Gasteiger partial charge in [0.15, 0.2) is 6.61 Å². The fourth-order valence-electron chi connectivity index (χ4n) is 2.84. The highest BCUT2D eigenvalue weighted by molar-refractivity contribution is 6.31. The van der Waals surface area contributed by atoms with Crippen LogP contribution in [0.2, 0.25) is 5.02 Å². The molecular weight excluding hydrogens is 388 g/mol. The number of anilines is 2. The maximum atomic E-state index is 12.5. The van der Waals surface area contributed by atoms with E-state index < -0.39 is 11.9 Å². The Hall–Kier alpha value is -3.31. The second-order valence-electron chi connectivity index (χ2n) is 6.42. The van der Waals surface area contributed by atoms with Crippen LogP contribution in [0.15, 0.2) is 78.9 Å². The number of amides is 1. The highest BCUT2D eigenvalue weighted by atomic mass is 35.5. The van der Waals surface area contributed by atoms with Gasteiger partial charge in [-0.05, 0) is 42.8 Å². The molecule has 0 saturated carbocycles. The van der Waals surface area contributed by atoms with E-state index >= 15 is 0 Å². The third-order valence-electron chi connectivity index (χ3n) is 4.28. The molecule has 0 spiro atoms. The van der Waals surface area contributed by atoms with Crippen LogP contribution in [0.25, 0.3) is 0 Å². The molecule has 0 fully saturated rings. The molecule has 0 radical (unpaired) electrons. The predicted octanol–water partition coefficient (Wildman–Crippen LogP) is 5.12. The summed E-state index contributed by atoms with van der Waals surface area (Å²) in [6, 6.07) is 23.5. The summed E-state index contributed by atoms with van der Waals surface area (Å²) in [6.45, 7) is 1.44. The van der Waals surface area contributed by atoms with Gasteiger partial charge in [-0.3, -0.25) is 4.79 Å². The number of rotatable bonds is 7. The van der Waals surface area contributed by atoms with E-state index in [0.29, 0.717) is 16.3 Å². The third kappa shape index (κ3) is 5.59. The number of para-hydroxylation sites is 2. The maximum absolute atomic E-state index is 12.5. The largest absolute Gasteiger partial charge is 0.452 e. The van der Waals surface area contributed by atoms with E-state index in [4.69, 9.17) is 16.3 Å². The molecule has 0 bridgehead atoms. The van der Waals surface area contributed by atoms with Crippen LogP contribution in [0.1, 0.15) is 28.9 Å². The molecule has 1 amide bonds. The number of benzene rings is 3. The van der Waals surface area contributed by atoms with Gasteiger partial charge in [-0.1, -0.05) is 60.1 Å². The minimum atomic E-state index is -0.579. The standard InChI is InChI=1S/C23H21ClN2O3/c1-16(18-11-5-7-13-20(18)24)25-22(27)15-29-23(28)19-12-6-8-14-21(19)26-17-9-3-2-4-10-17/h2-14,16,26H,15H2,1H3,(H,25,27)/t16-/m1/s1. The molecule has 0 aliphatic heterocycles. The molecule has 5 nitrogen and oxygen atoms in total. The summed E-state index contributed by atoms with van der Waals surface area (Å²) in [5.74, 6) is -0.983. The van der Waals surface area contributed by atoms with E-state index in [-0.39, 0.29) is 12.6 Å². The number of ether oxygens (including phenoxy) is 1. The molecule has 1 atom stereocenters. The van der Waals surface area contributed by atoms with Gasteiger partial charge in [0.1, 0.15) is 0 Å². The van der Waals surface area contributed by atoms with Crippen molar-refractivity contribution in [1.82, 2.24) is 5.32 Å². The average molecular weight is 409 g/mol. The molecule has 3 rings (SSSR count). The van der Waals surface area contributed by atoms with Gasteiger partial charge in [0, 0.05) is 10.7 Å². The van der Waals surface area contributed by atoms with Crippen LogP contribution in [0.5, 0.6) is 0 Å². The van der Waals surface area contributed by atoms with Crippen LogP contribution in [0, 0.1) is 0 Å². The van der Waals surface area contributed by atoms with E-state index in [9.17, 15) is 9.59 Å². The normalized spacial score (nSPS) is 11.4. The summed E-state index contributed by atoms with van der Waals surface area (Å²) < 4.78 is 5.21. The van der Waals surface area contributed by atoms with Gasteiger partial charge in [-0.15, -0.1) is 0 Å². The molecule has 0 aromatic heterocycles. The van der Waals surface area contributed by atoms with Gasteiger partial charge in [0.2, 0.25) is 0 Å². The summed E-state index contributed by atoms with van der Waals surface area (Å²) in [7, 11) is 0. The third-order valence-corrected chi connectivity index (χ3v) is 4.63. The van der Waals surface area contributed by atoms with Crippen LogP contribution in [-0.2, 0) is 9.53 Å². The molecule has 2 N–H and O–H groups in total. The number of carbonyl (C=O) groups excluding carboxylic acids is 2. The zero-order valence-corrected chi connectivity index (χ0v) is 16.6. The Balaban J connectivity index is 1.59. The Bertz CT molecular complexity index is 992. The Labute approximate surface area is 174 Å². The summed E-state index contributed by atoms with van der Waals surface area (Å²) in [5.41, 5.74) is 2.60. The Morgan fingerprint density at radius 2 is 1.59 bits per heavy atom. The first-order valence-corrected chi connectivity index (χ1v) is 9.54. The molecule has 0 aliphatic carbocycles. The van der Waals surface area contributed by atoms with Crippen molar-refractivity contribution in [2.45, 2.75) is 13.0 Å². The van der Waals surface area contributed by atoms with Crippen molar-refractivity contribution in [3.05, 3.63) is 95.0 Å². The number of esters is 1. The molecule has 0 aliphatic rings. The molecule has 0 unspecified atom stereocenters. The highest BCUT2D eigenvalue weighted by Crippen LogP contribution is 2.23. The second-order valence-corrected chi connectivity index (χ2v) is 6.83. The smallest absolute Gasteiger partial charge is 0.340 e. The number of hydrogen-bond donors (Lipinski definition) is 2. The van der Waals surface area contributed by atoms with Crippen molar-refractivity contribution in [3.63, 3.8) is 0 Å².